The van der Waals surface area contributed by atoms with E-state index >= 15 is 0 Å². The molecular weight excluding hydrogens is 224 g/mol. The first-order chi connectivity index (χ1) is 7.48. The first-order valence-electron chi connectivity index (χ1n) is 6.17. The van der Waals surface area contributed by atoms with Crippen LogP contribution in [0.1, 0.15) is 26.7 Å². The van der Waals surface area contributed by atoms with Crippen molar-refractivity contribution in [2.45, 2.75) is 44.8 Å². The van der Waals surface area contributed by atoms with E-state index in [0.29, 0.717) is 23.6 Å². The molecule has 0 saturated carbocycles. The lowest BCUT2D eigenvalue weighted by Crippen LogP contribution is -2.55. The molecule has 2 heterocycles. The van der Waals surface area contributed by atoms with Gasteiger partial charge in [-0.05, 0) is 33.2 Å². The molecule has 0 radical (unpaired) electrons. The van der Waals surface area contributed by atoms with Gasteiger partial charge in [0, 0.05) is 24.7 Å². The third-order valence-electron chi connectivity index (χ3n) is 3.79. The number of nitrogens with one attached hydrogen (secondary N) is 1. The molecule has 0 aromatic heterocycles. The van der Waals surface area contributed by atoms with E-state index in [2.05, 4.69) is 17.1 Å². The molecule has 0 bridgehead atoms. The van der Waals surface area contributed by atoms with E-state index < -0.39 is 9.84 Å². The minimum atomic E-state index is -2.77. The van der Waals surface area contributed by atoms with Crippen molar-refractivity contribution >= 4 is 9.84 Å². The summed E-state index contributed by atoms with van der Waals surface area (Å²) in [6.45, 7) is 6.03. The molecule has 4 nitrogen and oxygen atoms in total. The largest absolute Gasteiger partial charge is 0.314 e. The predicted octanol–water partition coefficient (Wildman–Crippen LogP) is 0.246. The molecule has 5 heteroatoms. The number of sulfone groups is 1. The summed E-state index contributed by atoms with van der Waals surface area (Å²) in [4.78, 5) is 2.40. The van der Waals surface area contributed by atoms with Gasteiger partial charge >= 0.3 is 0 Å². The Labute approximate surface area is 98.3 Å². The van der Waals surface area contributed by atoms with E-state index in [1.54, 1.807) is 0 Å². The summed E-state index contributed by atoms with van der Waals surface area (Å²) in [6.07, 6.45) is 2.29. The van der Waals surface area contributed by atoms with Gasteiger partial charge in [-0.3, -0.25) is 4.90 Å². The quantitative estimate of drug-likeness (QED) is 0.720. The minimum Gasteiger partial charge on any atom is -0.314 e. The zero-order valence-corrected chi connectivity index (χ0v) is 11.0. The van der Waals surface area contributed by atoms with Crippen molar-refractivity contribution in [3.8, 4) is 0 Å². The molecule has 2 saturated heterocycles. The van der Waals surface area contributed by atoms with Crippen molar-refractivity contribution in [1.82, 2.24) is 10.2 Å². The fourth-order valence-corrected chi connectivity index (χ4v) is 4.54. The summed E-state index contributed by atoms with van der Waals surface area (Å²) in [7, 11) is -2.77. The molecule has 0 spiro atoms. The van der Waals surface area contributed by atoms with Gasteiger partial charge in [0.2, 0.25) is 0 Å². The molecule has 0 aromatic carbocycles. The zero-order chi connectivity index (χ0) is 11.8. The Bertz CT molecular complexity index is 342. The van der Waals surface area contributed by atoms with Crippen LogP contribution in [0.5, 0.6) is 0 Å². The van der Waals surface area contributed by atoms with Crippen molar-refractivity contribution in [3.63, 3.8) is 0 Å². The summed E-state index contributed by atoms with van der Waals surface area (Å²) in [5.41, 5.74) is 0. The lowest BCUT2D eigenvalue weighted by Gasteiger charge is -2.42. The first-order valence-corrected chi connectivity index (χ1v) is 7.99. The van der Waals surface area contributed by atoms with Gasteiger partial charge < -0.3 is 5.32 Å². The molecule has 3 unspecified atom stereocenters. The van der Waals surface area contributed by atoms with Gasteiger partial charge in [0.25, 0.3) is 0 Å². The van der Waals surface area contributed by atoms with Crippen LogP contribution in [0.3, 0.4) is 0 Å². The monoisotopic (exact) mass is 246 g/mol. The van der Waals surface area contributed by atoms with Crippen LogP contribution in [0, 0.1) is 0 Å². The van der Waals surface area contributed by atoms with Crippen LogP contribution in [-0.2, 0) is 9.84 Å². The Hall–Kier alpha value is -0.130. The van der Waals surface area contributed by atoms with E-state index in [0.717, 1.165) is 25.9 Å². The average Bonchev–Trinajstić information content (AvgIpc) is 2.15. The van der Waals surface area contributed by atoms with Crippen molar-refractivity contribution in [2.24, 2.45) is 0 Å². The highest BCUT2D eigenvalue weighted by Crippen LogP contribution is 2.21. The van der Waals surface area contributed by atoms with Gasteiger partial charge in [0.1, 0.15) is 0 Å². The Balaban J connectivity index is 1.99. The van der Waals surface area contributed by atoms with Crippen LogP contribution in [0.4, 0.5) is 0 Å². The Morgan fingerprint density at radius 3 is 2.69 bits per heavy atom. The number of piperidine rings is 1. The SMILES string of the molecule is CC1CC(N2CCS(=O)(=O)CC2C)CCN1. The minimum absolute atomic E-state index is 0.189. The smallest absolute Gasteiger partial charge is 0.153 e. The molecule has 2 rings (SSSR count). The second-order valence-corrected chi connectivity index (χ2v) is 7.46. The molecule has 16 heavy (non-hydrogen) atoms. The van der Waals surface area contributed by atoms with Crippen molar-refractivity contribution in [1.29, 1.82) is 0 Å². The topological polar surface area (TPSA) is 49.4 Å². The molecular formula is C11H22N2O2S. The summed E-state index contributed by atoms with van der Waals surface area (Å²) in [5.74, 6) is 0.682. The zero-order valence-electron chi connectivity index (χ0n) is 10.1. The number of nitrogens with zero attached hydrogens (tertiary/aromatic N) is 1. The Morgan fingerprint density at radius 1 is 1.31 bits per heavy atom. The van der Waals surface area contributed by atoms with Gasteiger partial charge in [0.05, 0.1) is 11.5 Å². The second-order valence-electron chi connectivity index (χ2n) is 5.23. The maximum atomic E-state index is 11.5. The van der Waals surface area contributed by atoms with E-state index in [1.807, 2.05) is 6.92 Å². The van der Waals surface area contributed by atoms with Crippen LogP contribution in [0.2, 0.25) is 0 Å². The number of hydrogen-bond acceptors (Lipinski definition) is 4. The van der Waals surface area contributed by atoms with E-state index in [1.165, 1.54) is 0 Å². The Kier molecular flexibility index (Phi) is 3.56. The summed E-state index contributed by atoms with van der Waals surface area (Å²) in [5, 5.41) is 3.44. The lowest BCUT2D eigenvalue weighted by molar-refractivity contribution is 0.117. The Morgan fingerprint density at radius 2 is 2.06 bits per heavy atom. The van der Waals surface area contributed by atoms with Gasteiger partial charge in [-0.1, -0.05) is 0 Å². The lowest BCUT2D eigenvalue weighted by atomic mass is 9.98. The number of rotatable bonds is 1. The first kappa shape index (κ1) is 12.3. The second kappa shape index (κ2) is 4.63. The molecule has 0 aromatic rings. The van der Waals surface area contributed by atoms with Gasteiger partial charge in [0.15, 0.2) is 9.84 Å². The van der Waals surface area contributed by atoms with Crippen molar-refractivity contribution in [3.05, 3.63) is 0 Å². The van der Waals surface area contributed by atoms with Gasteiger partial charge in [-0.2, -0.15) is 0 Å². The molecule has 0 aliphatic carbocycles. The van der Waals surface area contributed by atoms with Crippen LogP contribution in [0.15, 0.2) is 0 Å². The van der Waals surface area contributed by atoms with Crippen molar-refractivity contribution < 1.29 is 8.42 Å². The standard InChI is InChI=1S/C11H22N2O2S/c1-9-7-11(3-4-12-9)13-5-6-16(14,15)8-10(13)2/h9-12H,3-8H2,1-2H3. The van der Waals surface area contributed by atoms with E-state index in [9.17, 15) is 8.42 Å². The average molecular weight is 246 g/mol. The van der Waals surface area contributed by atoms with Crippen LogP contribution in [0.25, 0.3) is 0 Å². The van der Waals surface area contributed by atoms with Crippen LogP contribution >= 0.6 is 0 Å². The highest BCUT2D eigenvalue weighted by atomic mass is 32.2. The fraction of sp³-hybridized carbons (Fsp3) is 1.00. The van der Waals surface area contributed by atoms with Crippen molar-refractivity contribution in [2.75, 3.05) is 24.6 Å². The van der Waals surface area contributed by atoms with Gasteiger partial charge in [-0.15, -0.1) is 0 Å². The highest BCUT2D eigenvalue weighted by molar-refractivity contribution is 7.91. The molecule has 2 fully saturated rings. The van der Waals surface area contributed by atoms with Crippen LogP contribution < -0.4 is 5.32 Å². The predicted molar refractivity (Wildman–Crippen MR) is 65.3 cm³/mol. The third kappa shape index (κ3) is 2.76. The fourth-order valence-electron chi connectivity index (χ4n) is 2.96. The maximum absolute atomic E-state index is 11.5. The highest BCUT2D eigenvalue weighted by Gasteiger charge is 2.34. The molecule has 2 aliphatic rings. The summed E-state index contributed by atoms with van der Waals surface area (Å²) >= 11 is 0. The normalized spacial score (nSPS) is 40.8. The number of hydrogen-bond donors (Lipinski definition) is 1. The summed E-state index contributed by atoms with van der Waals surface area (Å²) in [6, 6.07) is 1.32. The molecule has 0 amide bonds. The van der Waals surface area contributed by atoms with E-state index in [-0.39, 0.29) is 6.04 Å². The molecule has 3 atom stereocenters. The summed E-state index contributed by atoms with van der Waals surface area (Å²) < 4.78 is 23.0. The van der Waals surface area contributed by atoms with Gasteiger partial charge in [-0.25, -0.2) is 8.42 Å². The molecule has 1 N–H and O–H groups in total. The van der Waals surface area contributed by atoms with Crippen LogP contribution in [-0.4, -0.2) is 56.0 Å². The maximum Gasteiger partial charge on any atom is 0.153 e. The van der Waals surface area contributed by atoms with E-state index in [4.69, 9.17) is 0 Å². The third-order valence-corrected chi connectivity index (χ3v) is 5.58. The molecule has 94 valence electrons. The molecule has 2 aliphatic heterocycles.